The number of likely N-dealkylation sites (tertiary alicyclic amines) is 1. The first kappa shape index (κ1) is 30.1. The second-order valence-corrected chi connectivity index (χ2v) is 13.2. The SMILES string of the molecule is CN(CCCN1C(=O)[C@H]2[C@H](C(=O)Nc3cc(Cl)cc(Cl)c3)[C@H]3C=C[C@@]2(O3)[C@H]1C(=O)NC1CCCCC1)Cc1ccccc1. The summed E-state index contributed by atoms with van der Waals surface area (Å²) in [5, 5.41) is 6.91. The van der Waals surface area contributed by atoms with Crippen LogP contribution >= 0.6 is 23.2 Å². The summed E-state index contributed by atoms with van der Waals surface area (Å²) in [6, 6.07) is 14.3. The Morgan fingerprint density at radius 1 is 1.05 bits per heavy atom. The molecule has 1 aliphatic carbocycles. The monoisotopic (exact) mass is 624 g/mol. The minimum absolute atomic E-state index is 0.0833. The molecule has 0 unspecified atom stereocenters. The summed E-state index contributed by atoms with van der Waals surface area (Å²) < 4.78 is 6.47. The maximum absolute atomic E-state index is 14.2. The molecule has 3 aliphatic heterocycles. The van der Waals surface area contributed by atoms with Crippen LogP contribution in [0.5, 0.6) is 0 Å². The largest absolute Gasteiger partial charge is 0.359 e. The molecule has 3 heterocycles. The van der Waals surface area contributed by atoms with Crippen molar-refractivity contribution in [3.05, 3.63) is 76.3 Å². The summed E-state index contributed by atoms with van der Waals surface area (Å²) in [4.78, 5) is 45.8. The van der Waals surface area contributed by atoms with E-state index in [-0.39, 0.29) is 23.8 Å². The molecule has 0 radical (unpaired) electrons. The Morgan fingerprint density at radius 2 is 1.77 bits per heavy atom. The number of nitrogens with zero attached hydrogens (tertiary/aromatic N) is 2. The molecule has 3 amide bonds. The van der Waals surface area contributed by atoms with E-state index in [0.29, 0.717) is 28.7 Å². The second-order valence-electron chi connectivity index (χ2n) is 12.3. The zero-order chi connectivity index (χ0) is 30.1. The van der Waals surface area contributed by atoms with Crippen molar-refractivity contribution in [1.82, 2.24) is 15.1 Å². The summed E-state index contributed by atoms with van der Waals surface area (Å²) >= 11 is 12.3. The van der Waals surface area contributed by atoms with Crippen LogP contribution in [0.3, 0.4) is 0 Å². The molecule has 2 saturated heterocycles. The van der Waals surface area contributed by atoms with Gasteiger partial charge in [0.05, 0.1) is 17.9 Å². The van der Waals surface area contributed by atoms with Crippen molar-refractivity contribution >= 4 is 46.6 Å². The van der Waals surface area contributed by atoms with Crippen molar-refractivity contribution < 1.29 is 19.1 Å². The molecule has 4 aliphatic rings. The van der Waals surface area contributed by atoms with Gasteiger partial charge in [-0.05, 0) is 56.6 Å². The number of fused-ring (bicyclic) bond motifs is 1. The van der Waals surface area contributed by atoms with Gasteiger partial charge in [-0.15, -0.1) is 0 Å². The number of hydrogen-bond acceptors (Lipinski definition) is 5. The Morgan fingerprint density at radius 3 is 2.49 bits per heavy atom. The van der Waals surface area contributed by atoms with Gasteiger partial charge in [0.15, 0.2) is 0 Å². The molecule has 1 saturated carbocycles. The van der Waals surface area contributed by atoms with Gasteiger partial charge in [0.25, 0.3) is 0 Å². The predicted molar refractivity (Wildman–Crippen MR) is 167 cm³/mol. The van der Waals surface area contributed by atoms with Crippen molar-refractivity contribution in [1.29, 1.82) is 0 Å². The lowest BCUT2D eigenvalue weighted by Gasteiger charge is -2.34. The van der Waals surface area contributed by atoms with Crippen LogP contribution in [-0.4, -0.2) is 71.4 Å². The van der Waals surface area contributed by atoms with Gasteiger partial charge >= 0.3 is 0 Å². The van der Waals surface area contributed by atoms with Crippen molar-refractivity contribution in [3.8, 4) is 0 Å². The van der Waals surface area contributed by atoms with E-state index >= 15 is 0 Å². The number of halogens is 2. The van der Waals surface area contributed by atoms with E-state index in [1.54, 1.807) is 23.1 Å². The number of rotatable bonds is 10. The lowest BCUT2D eigenvalue weighted by molar-refractivity contribution is -0.141. The Hall–Kier alpha value is -2.91. The van der Waals surface area contributed by atoms with Crippen LogP contribution < -0.4 is 10.6 Å². The van der Waals surface area contributed by atoms with Gasteiger partial charge in [-0.3, -0.25) is 14.4 Å². The van der Waals surface area contributed by atoms with Crippen molar-refractivity contribution in [3.63, 3.8) is 0 Å². The standard InChI is InChI=1S/C33H38Cl2N4O4/c1-38(20-21-9-4-2-5-10-21)15-8-16-39-29(31(41)36-24-11-6-3-7-12-24)33-14-13-26(43-33)27(28(33)32(39)42)30(40)37-25-18-22(34)17-23(35)19-25/h2,4-5,9-10,13-14,17-19,24,26-29H,3,6-8,11-12,15-16,20H2,1H3,(H,36,41)(H,37,40)/t26-,27-,28-,29-,33+/m1/s1. The van der Waals surface area contributed by atoms with Gasteiger partial charge in [-0.1, -0.05) is 84.9 Å². The fourth-order valence-electron chi connectivity index (χ4n) is 7.37. The molecule has 2 bridgehead atoms. The summed E-state index contributed by atoms with van der Waals surface area (Å²) in [6.07, 6.45) is 8.94. The van der Waals surface area contributed by atoms with Gasteiger partial charge in [0.1, 0.15) is 11.6 Å². The first-order chi connectivity index (χ1) is 20.7. The molecule has 2 aromatic carbocycles. The molecule has 8 nitrogen and oxygen atoms in total. The van der Waals surface area contributed by atoms with Crippen LogP contribution in [0.15, 0.2) is 60.7 Å². The molecule has 6 rings (SSSR count). The van der Waals surface area contributed by atoms with Crippen molar-refractivity contribution in [2.75, 3.05) is 25.5 Å². The zero-order valence-electron chi connectivity index (χ0n) is 24.3. The van der Waals surface area contributed by atoms with E-state index in [0.717, 1.165) is 38.8 Å². The van der Waals surface area contributed by atoms with Crippen LogP contribution in [0.1, 0.15) is 44.1 Å². The highest BCUT2D eigenvalue weighted by Crippen LogP contribution is 2.55. The van der Waals surface area contributed by atoms with Crippen LogP contribution in [0.25, 0.3) is 0 Å². The van der Waals surface area contributed by atoms with E-state index in [4.69, 9.17) is 27.9 Å². The summed E-state index contributed by atoms with van der Waals surface area (Å²) in [5.74, 6) is -2.37. The van der Waals surface area contributed by atoms with Gasteiger partial charge in [-0.2, -0.15) is 0 Å². The number of carbonyl (C=O) groups is 3. The molecule has 43 heavy (non-hydrogen) atoms. The maximum Gasteiger partial charge on any atom is 0.246 e. The summed E-state index contributed by atoms with van der Waals surface area (Å²) in [7, 11) is 2.05. The highest BCUT2D eigenvalue weighted by molar-refractivity contribution is 6.35. The molecular weight excluding hydrogens is 587 g/mol. The number of anilines is 1. The first-order valence-corrected chi connectivity index (χ1v) is 16.0. The molecule has 0 aromatic heterocycles. The summed E-state index contributed by atoms with van der Waals surface area (Å²) in [6.45, 7) is 1.92. The molecule has 2 N–H and O–H groups in total. The third-order valence-corrected chi connectivity index (χ3v) is 9.68. The normalized spacial score (nSPS) is 28.0. The molecular formula is C33H38Cl2N4O4. The van der Waals surface area contributed by atoms with Crippen LogP contribution in [0, 0.1) is 11.8 Å². The lowest BCUT2D eigenvalue weighted by Crippen LogP contribution is -2.56. The number of benzene rings is 2. The number of amides is 3. The van der Waals surface area contributed by atoms with E-state index in [9.17, 15) is 14.4 Å². The minimum atomic E-state index is -1.19. The maximum atomic E-state index is 14.2. The van der Waals surface area contributed by atoms with Gasteiger partial charge in [-0.25, -0.2) is 0 Å². The Balaban J connectivity index is 1.22. The fourth-order valence-corrected chi connectivity index (χ4v) is 7.90. The van der Waals surface area contributed by atoms with E-state index in [1.165, 1.54) is 12.0 Å². The fraction of sp³-hybridized carbons (Fsp3) is 0.485. The number of ether oxygens (including phenoxy) is 1. The Bertz CT molecular complexity index is 1380. The first-order valence-electron chi connectivity index (χ1n) is 15.2. The minimum Gasteiger partial charge on any atom is -0.359 e. The van der Waals surface area contributed by atoms with E-state index in [2.05, 4.69) is 34.7 Å². The molecule has 10 heteroatoms. The number of carbonyl (C=O) groups excluding carboxylic acids is 3. The quantitative estimate of drug-likeness (QED) is 0.361. The van der Waals surface area contributed by atoms with Crippen LogP contribution in [-0.2, 0) is 25.7 Å². The highest BCUT2D eigenvalue weighted by atomic mass is 35.5. The van der Waals surface area contributed by atoms with Gasteiger partial charge in [0.2, 0.25) is 17.7 Å². The van der Waals surface area contributed by atoms with Crippen LogP contribution in [0.2, 0.25) is 10.0 Å². The zero-order valence-corrected chi connectivity index (χ0v) is 25.8. The van der Waals surface area contributed by atoms with Gasteiger partial charge < -0.3 is 25.2 Å². The topological polar surface area (TPSA) is 91.0 Å². The van der Waals surface area contributed by atoms with E-state index in [1.807, 2.05) is 30.4 Å². The predicted octanol–water partition coefficient (Wildman–Crippen LogP) is 5.05. The average molecular weight is 626 g/mol. The molecule has 3 fully saturated rings. The second kappa shape index (κ2) is 12.6. The van der Waals surface area contributed by atoms with Gasteiger partial charge in [0, 0.05) is 34.9 Å². The lowest BCUT2D eigenvalue weighted by atomic mass is 9.74. The summed E-state index contributed by atoms with van der Waals surface area (Å²) in [5.41, 5.74) is 0.467. The average Bonchev–Trinajstić information content (AvgIpc) is 3.61. The third kappa shape index (κ3) is 6.07. The van der Waals surface area contributed by atoms with Crippen LogP contribution in [0.4, 0.5) is 5.69 Å². The Labute approximate surface area is 262 Å². The van der Waals surface area contributed by atoms with Crippen molar-refractivity contribution in [2.45, 2.75) is 68.9 Å². The third-order valence-electron chi connectivity index (χ3n) is 9.24. The number of hydrogen-bond donors (Lipinski definition) is 2. The number of nitrogens with one attached hydrogen (secondary N) is 2. The molecule has 5 atom stereocenters. The highest BCUT2D eigenvalue weighted by Gasteiger charge is 2.72. The molecule has 2 aromatic rings. The Kier molecular flexibility index (Phi) is 8.83. The molecule has 1 spiro atoms. The molecule has 228 valence electrons. The van der Waals surface area contributed by atoms with Crippen molar-refractivity contribution in [2.24, 2.45) is 11.8 Å². The van der Waals surface area contributed by atoms with E-state index < -0.39 is 29.6 Å². The smallest absolute Gasteiger partial charge is 0.246 e.